The van der Waals surface area contributed by atoms with Gasteiger partial charge in [-0.15, -0.1) is 0 Å². The molecule has 21 heavy (non-hydrogen) atoms. The van der Waals surface area contributed by atoms with Gasteiger partial charge in [-0.05, 0) is 68.1 Å². The highest BCUT2D eigenvalue weighted by Crippen LogP contribution is 2.33. The van der Waals surface area contributed by atoms with Gasteiger partial charge in [0.15, 0.2) is 0 Å². The van der Waals surface area contributed by atoms with Crippen LogP contribution >= 0.6 is 0 Å². The van der Waals surface area contributed by atoms with Crippen LogP contribution in [0.1, 0.15) is 69.3 Å². The zero-order valence-corrected chi connectivity index (χ0v) is 13.2. The zero-order valence-electron chi connectivity index (χ0n) is 13.2. The summed E-state index contributed by atoms with van der Waals surface area (Å²) in [5.74, 6) is 1.62. The molecule has 0 spiro atoms. The maximum Gasteiger partial charge on any atom is 0.0340 e. The largest absolute Gasteiger partial charge is 0.385 e. The molecule has 1 aromatic carbocycles. The summed E-state index contributed by atoms with van der Waals surface area (Å²) in [4.78, 5) is 0. The number of benzene rings is 1. The second-order valence-corrected chi connectivity index (χ2v) is 7.12. The summed E-state index contributed by atoms with van der Waals surface area (Å²) >= 11 is 0. The van der Waals surface area contributed by atoms with Gasteiger partial charge in [0.25, 0.3) is 0 Å². The topological polar surface area (TPSA) is 38.0 Å². The van der Waals surface area contributed by atoms with Crippen molar-refractivity contribution < 1.29 is 0 Å². The predicted molar refractivity (Wildman–Crippen MR) is 90.7 cm³/mol. The normalized spacial score (nSPS) is 27.5. The second-order valence-electron chi connectivity index (χ2n) is 7.12. The van der Waals surface area contributed by atoms with Gasteiger partial charge >= 0.3 is 0 Å². The molecule has 116 valence electrons. The minimum atomic E-state index is 0.455. The van der Waals surface area contributed by atoms with E-state index in [4.69, 9.17) is 5.73 Å². The Labute approximate surface area is 129 Å². The minimum Gasteiger partial charge on any atom is -0.385 e. The number of nitrogens with one attached hydrogen (secondary N) is 1. The van der Waals surface area contributed by atoms with Crippen molar-refractivity contribution in [3.63, 3.8) is 0 Å². The van der Waals surface area contributed by atoms with Crippen LogP contribution in [0.15, 0.2) is 24.3 Å². The van der Waals surface area contributed by atoms with Crippen molar-refractivity contribution in [2.24, 2.45) is 11.7 Å². The highest BCUT2D eigenvalue weighted by molar-refractivity contribution is 5.45. The lowest BCUT2D eigenvalue weighted by Gasteiger charge is -2.26. The van der Waals surface area contributed by atoms with E-state index in [2.05, 4.69) is 29.6 Å². The van der Waals surface area contributed by atoms with E-state index in [1.165, 1.54) is 63.5 Å². The summed E-state index contributed by atoms with van der Waals surface area (Å²) in [6.45, 7) is 1.11. The van der Waals surface area contributed by atoms with Crippen LogP contribution in [-0.4, -0.2) is 12.6 Å². The van der Waals surface area contributed by atoms with Gasteiger partial charge < -0.3 is 11.1 Å². The summed E-state index contributed by atoms with van der Waals surface area (Å²) in [5.41, 5.74) is 8.80. The summed E-state index contributed by atoms with van der Waals surface area (Å²) < 4.78 is 0. The highest BCUT2D eigenvalue weighted by atomic mass is 14.9. The summed E-state index contributed by atoms with van der Waals surface area (Å²) in [6, 6.07) is 9.69. The van der Waals surface area contributed by atoms with Crippen LogP contribution in [-0.2, 0) is 0 Å². The minimum absolute atomic E-state index is 0.455. The quantitative estimate of drug-likeness (QED) is 0.844. The summed E-state index contributed by atoms with van der Waals surface area (Å²) in [6.07, 6.45) is 12.0. The van der Waals surface area contributed by atoms with E-state index >= 15 is 0 Å². The first kappa shape index (κ1) is 14.9. The molecule has 2 nitrogen and oxygen atoms in total. The molecule has 0 saturated heterocycles. The third kappa shape index (κ3) is 4.23. The molecule has 0 aliphatic heterocycles. The number of rotatable bonds is 4. The fourth-order valence-corrected chi connectivity index (χ4v) is 3.96. The summed E-state index contributed by atoms with van der Waals surface area (Å²) in [7, 11) is 0. The maximum absolute atomic E-state index is 5.97. The highest BCUT2D eigenvalue weighted by Gasteiger charge is 2.18. The number of hydrogen-bond acceptors (Lipinski definition) is 2. The first-order chi connectivity index (χ1) is 10.3. The van der Waals surface area contributed by atoms with Crippen LogP contribution in [0.25, 0.3) is 0 Å². The van der Waals surface area contributed by atoms with E-state index in [0.717, 1.165) is 18.4 Å². The Morgan fingerprint density at radius 1 is 0.857 bits per heavy atom. The molecular formula is C19H30N2. The molecule has 0 atom stereocenters. The molecule has 1 aromatic rings. The van der Waals surface area contributed by atoms with Crippen LogP contribution < -0.4 is 11.1 Å². The Kier molecular flexibility index (Phi) is 5.18. The van der Waals surface area contributed by atoms with Crippen molar-refractivity contribution >= 4 is 5.69 Å². The van der Waals surface area contributed by atoms with Crippen LogP contribution in [0.2, 0.25) is 0 Å². The van der Waals surface area contributed by atoms with Gasteiger partial charge in [-0.1, -0.05) is 31.4 Å². The van der Waals surface area contributed by atoms with Gasteiger partial charge in [0.05, 0.1) is 0 Å². The van der Waals surface area contributed by atoms with E-state index in [1.807, 2.05) is 0 Å². The average molecular weight is 286 g/mol. The van der Waals surface area contributed by atoms with Crippen molar-refractivity contribution in [3.05, 3.63) is 29.8 Å². The monoisotopic (exact) mass is 286 g/mol. The Bertz CT molecular complexity index is 412. The van der Waals surface area contributed by atoms with E-state index in [0.29, 0.717) is 6.04 Å². The molecule has 3 N–H and O–H groups in total. The molecule has 0 unspecified atom stereocenters. The lowest BCUT2D eigenvalue weighted by Crippen LogP contribution is -2.29. The first-order valence-electron chi connectivity index (χ1n) is 8.90. The van der Waals surface area contributed by atoms with Gasteiger partial charge in [-0.25, -0.2) is 0 Å². The lowest BCUT2D eigenvalue weighted by atomic mass is 9.84. The second kappa shape index (κ2) is 7.31. The van der Waals surface area contributed by atoms with Gasteiger partial charge in [0, 0.05) is 18.3 Å². The van der Waals surface area contributed by atoms with Gasteiger partial charge in [-0.2, -0.15) is 0 Å². The molecule has 0 aromatic heterocycles. The molecule has 2 fully saturated rings. The average Bonchev–Trinajstić information content (AvgIpc) is 2.56. The van der Waals surface area contributed by atoms with Crippen LogP contribution in [0, 0.1) is 5.92 Å². The molecular weight excluding hydrogens is 256 g/mol. The molecule has 0 amide bonds. The van der Waals surface area contributed by atoms with E-state index in [-0.39, 0.29) is 0 Å². The van der Waals surface area contributed by atoms with Crippen molar-refractivity contribution in [3.8, 4) is 0 Å². The lowest BCUT2D eigenvalue weighted by molar-refractivity contribution is 0.339. The Balaban J connectivity index is 1.48. The van der Waals surface area contributed by atoms with Crippen molar-refractivity contribution in [2.75, 3.05) is 11.9 Å². The van der Waals surface area contributed by atoms with Crippen molar-refractivity contribution in [1.29, 1.82) is 0 Å². The van der Waals surface area contributed by atoms with Crippen LogP contribution in [0.5, 0.6) is 0 Å². The number of hydrogen-bond donors (Lipinski definition) is 2. The van der Waals surface area contributed by atoms with Crippen molar-refractivity contribution in [2.45, 2.75) is 69.7 Å². The first-order valence-corrected chi connectivity index (χ1v) is 8.90. The Morgan fingerprint density at radius 3 is 2.19 bits per heavy atom. The molecule has 3 rings (SSSR count). The molecule has 0 heterocycles. The standard InChI is InChI=1S/C19H30N2/c20-18-10-6-15(7-11-18)14-21-19-12-8-17(9-13-19)16-4-2-1-3-5-16/h8-9,12-13,15-16,18,21H,1-7,10-11,14,20H2. The van der Waals surface area contributed by atoms with E-state index < -0.39 is 0 Å². The van der Waals surface area contributed by atoms with Crippen molar-refractivity contribution in [1.82, 2.24) is 0 Å². The fourth-order valence-electron chi connectivity index (χ4n) is 3.96. The number of anilines is 1. The smallest absolute Gasteiger partial charge is 0.0340 e. The van der Waals surface area contributed by atoms with Gasteiger partial charge in [-0.3, -0.25) is 0 Å². The molecule has 0 bridgehead atoms. The third-order valence-electron chi connectivity index (χ3n) is 5.47. The number of nitrogens with two attached hydrogens (primary N) is 1. The zero-order chi connectivity index (χ0) is 14.5. The molecule has 2 aliphatic carbocycles. The Morgan fingerprint density at radius 2 is 1.52 bits per heavy atom. The molecule has 2 saturated carbocycles. The summed E-state index contributed by atoms with van der Waals surface area (Å²) in [5, 5.41) is 3.62. The van der Waals surface area contributed by atoms with Gasteiger partial charge in [0.1, 0.15) is 0 Å². The van der Waals surface area contributed by atoms with Crippen LogP contribution in [0.4, 0.5) is 5.69 Å². The van der Waals surface area contributed by atoms with Crippen LogP contribution in [0.3, 0.4) is 0 Å². The van der Waals surface area contributed by atoms with E-state index in [1.54, 1.807) is 5.56 Å². The SMILES string of the molecule is NC1CCC(CNc2ccc(C3CCCCC3)cc2)CC1. The molecule has 0 radical (unpaired) electrons. The van der Waals surface area contributed by atoms with Gasteiger partial charge in [0.2, 0.25) is 0 Å². The molecule has 2 aliphatic rings. The maximum atomic E-state index is 5.97. The third-order valence-corrected chi connectivity index (χ3v) is 5.47. The fraction of sp³-hybridized carbons (Fsp3) is 0.684. The predicted octanol–water partition coefficient (Wildman–Crippen LogP) is 4.66. The van der Waals surface area contributed by atoms with E-state index in [9.17, 15) is 0 Å². The Hall–Kier alpha value is -1.02. The molecule has 2 heteroatoms.